The van der Waals surface area contributed by atoms with Crippen molar-refractivity contribution in [2.45, 2.75) is 39.2 Å². The Morgan fingerprint density at radius 3 is 2.63 bits per heavy atom. The number of nitrogens with zero attached hydrogens (tertiary/aromatic N) is 4. The number of aryl methyl sites for hydroxylation is 1. The molecule has 0 radical (unpaired) electrons. The van der Waals surface area contributed by atoms with E-state index in [1.54, 1.807) is 12.4 Å². The maximum atomic E-state index is 12.1. The summed E-state index contributed by atoms with van der Waals surface area (Å²) in [5.74, 6) is 1.02. The Labute approximate surface area is 203 Å². The number of carboxylic acid groups (broad SMARTS) is 1. The van der Waals surface area contributed by atoms with Gasteiger partial charge in [-0.25, -0.2) is 14.8 Å². The zero-order valence-corrected chi connectivity index (χ0v) is 19.6. The second-order valence-electron chi connectivity index (χ2n) is 8.35. The number of aromatic carboxylic acids is 1. The van der Waals surface area contributed by atoms with Crippen LogP contribution in [0.5, 0.6) is 17.2 Å². The van der Waals surface area contributed by atoms with Crippen molar-refractivity contribution in [2.75, 3.05) is 6.61 Å². The van der Waals surface area contributed by atoms with Crippen LogP contribution in [0.1, 0.15) is 53.5 Å². The minimum absolute atomic E-state index is 0.117. The summed E-state index contributed by atoms with van der Waals surface area (Å²) in [5, 5.41) is 14.6. The molecule has 1 aliphatic carbocycles. The molecule has 1 unspecified atom stereocenters. The molecule has 2 aromatic heterocycles. The van der Waals surface area contributed by atoms with Gasteiger partial charge < -0.3 is 14.6 Å². The Bertz CT molecular complexity index is 1370. The lowest BCUT2D eigenvalue weighted by atomic mass is 9.88. The summed E-state index contributed by atoms with van der Waals surface area (Å²) in [6, 6.07) is 13.7. The fraction of sp³-hybridized carbons (Fsp3) is 0.259. The quantitative estimate of drug-likeness (QED) is 0.372. The van der Waals surface area contributed by atoms with E-state index in [0.29, 0.717) is 30.9 Å². The molecule has 8 nitrogen and oxygen atoms in total. The van der Waals surface area contributed by atoms with E-state index >= 15 is 0 Å². The predicted molar refractivity (Wildman–Crippen MR) is 130 cm³/mol. The van der Waals surface area contributed by atoms with E-state index in [1.165, 1.54) is 6.33 Å². The molecule has 0 bridgehead atoms. The molecular formula is C27H26N4O4. The summed E-state index contributed by atoms with van der Waals surface area (Å²) in [7, 11) is 0. The molecule has 0 saturated carbocycles. The summed E-state index contributed by atoms with van der Waals surface area (Å²) in [4.78, 5) is 20.1. The van der Waals surface area contributed by atoms with Crippen LogP contribution in [0, 0.1) is 0 Å². The van der Waals surface area contributed by atoms with Crippen molar-refractivity contribution in [1.82, 2.24) is 19.7 Å². The van der Waals surface area contributed by atoms with Gasteiger partial charge in [-0.05, 0) is 67.6 Å². The molecule has 2 heterocycles. The number of hydrogen-bond acceptors (Lipinski definition) is 6. The highest BCUT2D eigenvalue weighted by molar-refractivity contribution is 5.90. The van der Waals surface area contributed by atoms with Gasteiger partial charge in [0.05, 0.1) is 30.7 Å². The summed E-state index contributed by atoms with van der Waals surface area (Å²) in [6.45, 7) is 4.61. The van der Waals surface area contributed by atoms with E-state index in [4.69, 9.17) is 9.47 Å². The Morgan fingerprint density at radius 1 is 1.06 bits per heavy atom. The highest BCUT2D eigenvalue weighted by Gasteiger charge is 2.31. The third kappa shape index (κ3) is 4.35. The summed E-state index contributed by atoms with van der Waals surface area (Å²) < 4.78 is 13.5. The molecule has 4 aromatic rings. The maximum absolute atomic E-state index is 12.1. The lowest BCUT2D eigenvalue weighted by Gasteiger charge is -2.24. The smallest absolute Gasteiger partial charge is 0.356 e. The molecule has 1 N–H and O–H groups in total. The zero-order valence-electron chi connectivity index (χ0n) is 19.6. The minimum Gasteiger partial charge on any atom is -0.494 e. The first kappa shape index (κ1) is 22.6. The zero-order chi connectivity index (χ0) is 24.4. The Hall–Kier alpha value is -4.20. The summed E-state index contributed by atoms with van der Waals surface area (Å²) >= 11 is 0. The van der Waals surface area contributed by atoms with E-state index < -0.39 is 5.97 Å². The van der Waals surface area contributed by atoms with Gasteiger partial charge in [0, 0.05) is 11.1 Å². The van der Waals surface area contributed by atoms with Gasteiger partial charge >= 0.3 is 5.97 Å². The van der Waals surface area contributed by atoms with Gasteiger partial charge in [-0.2, -0.15) is 5.10 Å². The van der Waals surface area contributed by atoms with E-state index in [-0.39, 0.29) is 11.7 Å². The number of ether oxygens (including phenoxy) is 2. The SMILES string of the molecule is CCOc1cccc(C(CC)n2nc(C(=O)O)c3c2-c2ccc(Oc4cncnc4)cc2CC3)c1. The van der Waals surface area contributed by atoms with Crippen LogP contribution in [0.3, 0.4) is 0 Å². The molecule has 0 spiro atoms. The third-order valence-electron chi connectivity index (χ3n) is 6.20. The van der Waals surface area contributed by atoms with E-state index in [1.807, 2.05) is 54.1 Å². The molecule has 0 aliphatic heterocycles. The molecule has 8 heteroatoms. The molecule has 35 heavy (non-hydrogen) atoms. The van der Waals surface area contributed by atoms with E-state index in [0.717, 1.165) is 40.1 Å². The van der Waals surface area contributed by atoms with Crippen LogP contribution in [0.25, 0.3) is 11.3 Å². The average Bonchev–Trinajstić information content (AvgIpc) is 3.26. The van der Waals surface area contributed by atoms with Gasteiger partial charge in [-0.15, -0.1) is 0 Å². The monoisotopic (exact) mass is 470 g/mol. The molecule has 0 fully saturated rings. The molecule has 0 amide bonds. The van der Waals surface area contributed by atoms with Crippen molar-refractivity contribution < 1.29 is 19.4 Å². The van der Waals surface area contributed by atoms with Crippen molar-refractivity contribution in [1.29, 1.82) is 0 Å². The Morgan fingerprint density at radius 2 is 1.89 bits per heavy atom. The normalized spacial score (nSPS) is 13.0. The molecule has 1 aliphatic rings. The number of hydrogen-bond donors (Lipinski definition) is 1. The van der Waals surface area contributed by atoms with Crippen LogP contribution in [0.4, 0.5) is 0 Å². The summed E-state index contributed by atoms with van der Waals surface area (Å²) in [5.41, 5.74) is 4.83. The van der Waals surface area contributed by atoms with Crippen LogP contribution >= 0.6 is 0 Å². The van der Waals surface area contributed by atoms with Crippen LogP contribution in [0.15, 0.2) is 61.2 Å². The second kappa shape index (κ2) is 9.58. The van der Waals surface area contributed by atoms with Crippen LogP contribution in [-0.2, 0) is 12.8 Å². The minimum atomic E-state index is -1.01. The lowest BCUT2D eigenvalue weighted by Crippen LogP contribution is -2.15. The summed E-state index contributed by atoms with van der Waals surface area (Å²) in [6.07, 6.45) is 6.72. The number of carboxylic acids is 1. The maximum Gasteiger partial charge on any atom is 0.356 e. The van der Waals surface area contributed by atoms with Crippen molar-refractivity contribution in [3.05, 3.63) is 83.6 Å². The van der Waals surface area contributed by atoms with E-state index in [9.17, 15) is 9.90 Å². The molecule has 0 saturated heterocycles. The average molecular weight is 471 g/mol. The van der Waals surface area contributed by atoms with Crippen LogP contribution in [0.2, 0.25) is 0 Å². The molecule has 5 rings (SSSR count). The fourth-order valence-corrected chi connectivity index (χ4v) is 4.72. The molecule has 178 valence electrons. The first-order chi connectivity index (χ1) is 17.1. The Kier molecular flexibility index (Phi) is 6.18. The largest absolute Gasteiger partial charge is 0.494 e. The van der Waals surface area contributed by atoms with Gasteiger partial charge in [0.2, 0.25) is 0 Å². The number of aromatic nitrogens is 4. The highest BCUT2D eigenvalue weighted by atomic mass is 16.5. The van der Waals surface area contributed by atoms with Crippen LogP contribution < -0.4 is 9.47 Å². The molecule has 1 atom stereocenters. The third-order valence-corrected chi connectivity index (χ3v) is 6.20. The highest BCUT2D eigenvalue weighted by Crippen LogP contribution is 2.41. The number of fused-ring (bicyclic) bond motifs is 3. The standard InChI is InChI=1S/C27H26N4O4/c1-3-24(18-6-5-7-19(13-18)34-4-2)31-26-22-11-9-20(35-21-14-28-16-29-15-21)12-17(22)8-10-23(26)25(30-31)27(32)33/h5-7,9,11-16,24H,3-4,8,10H2,1-2H3,(H,32,33). The van der Waals surface area contributed by atoms with Crippen molar-refractivity contribution in [3.63, 3.8) is 0 Å². The van der Waals surface area contributed by atoms with Crippen molar-refractivity contribution >= 4 is 5.97 Å². The van der Waals surface area contributed by atoms with Crippen LogP contribution in [-0.4, -0.2) is 37.4 Å². The number of carbonyl (C=O) groups is 1. The van der Waals surface area contributed by atoms with Gasteiger partial charge in [-0.3, -0.25) is 4.68 Å². The van der Waals surface area contributed by atoms with Crippen molar-refractivity contribution in [3.8, 4) is 28.5 Å². The van der Waals surface area contributed by atoms with Gasteiger partial charge in [0.25, 0.3) is 0 Å². The van der Waals surface area contributed by atoms with Crippen molar-refractivity contribution in [2.24, 2.45) is 0 Å². The number of benzene rings is 2. The first-order valence-electron chi connectivity index (χ1n) is 11.7. The fourth-order valence-electron chi connectivity index (χ4n) is 4.72. The van der Waals surface area contributed by atoms with Gasteiger partial charge in [0.15, 0.2) is 11.4 Å². The first-order valence-corrected chi connectivity index (χ1v) is 11.7. The Balaban J connectivity index is 1.59. The van der Waals surface area contributed by atoms with Gasteiger partial charge in [0.1, 0.15) is 17.8 Å². The molecule has 2 aromatic carbocycles. The topological polar surface area (TPSA) is 99.4 Å². The number of rotatable bonds is 8. The predicted octanol–water partition coefficient (Wildman–Crippen LogP) is 5.33. The van der Waals surface area contributed by atoms with E-state index in [2.05, 4.69) is 22.0 Å². The molecular weight excluding hydrogens is 444 g/mol. The van der Waals surface area contributed by atoms with Gasteiger partial charge in [-0.1, -0.05) is 19.1 Å². The second-order valence-corrected chi connectivity index (χ2v) is 8.35. The lowest BCUT2D eigenvalue weighted by molar-refractivity contribution is 0.0688.